The van der Waals surface area contributed by atoms with Crippen LogP contribution in [0.5, 0.6) is 0 Å². The van der Waals surface area contributed by atoms with Crippen LogP contribution in [-0.2, 0) is 36.3 Å². The summed E-state index contributed by atoms with van der Waals surface area (Å²) in [7, 11) is -17.3. The standard InChI is InChI=1S/C18H23N6O14P3/c1-10(22-23-20)11-4-2-3-5-12(11)17(25)36-13-8-16(24-7-6-15(19)21-18(24)26)35-14(13)9-34-40(30,31)38-41(32,33)37-39(27,28)29/h2-7,10,13-14,16H,8-9H2,1H3,(H,30,31)(H,32,33)(H2,19,21,26)(H2,27,28,29)/p-1/t10?,13-,14-,16-/m1/s1. The minimum atomic E-state index is -5.86. The van der Waals surface area contributed by atoms with Crippen LogP contribution in [0.3, 0.4) is 0 Å². The van der Waals surface area contributed by atoms with Crippen LogP contribution in [-0.4, -0.2) is 49.0 Å². The lowest BCUT2D eigenvalue weighted by Gasteiger charge is -2.27. The number of rotatable bonds is 12. The first-order chi connectivity index (χ1) is 19.0. The molecule has 2 aromatic rings. The number of aromatic nitrogens is 2. The van der Waals surface area contributed by atoms with Crippen molar-refractivity contribution in [3.63, 3.8) is 0 Å². The molecular weight excluding hydrogens is 617 g/mol. The summed E-state index contributed by atoms with van der Waals surface area (Å²) < 4.78 is 58.3. The predicted octanol–water partition coefficient (Wildman–Crippen LogP) is 1.42. The van der Waals surface area contributed by atoms with Gasteiger partial charge in [0.2, 0.25) is 0 Å². The van der Waals surface area contributed by atoms with Crippen LogP contribution in [0.2, 0.25) is 0 Å². The third-order valence-electron chi connectivity index (χ3n) is 5.27. The Morgan fingerprint density at radius 2 is 1.98 bits per heavy atom. The summed E-state index contributed by atoms with van der Waals surface area (Å²) in [4.78, 5) is 70.4. The molecular formula is C18H22N6O14P3-. The molecule has 0 saturated carbocycles. The van der Waals surface area contributed by atoms with Gasteiger partial charge in [0.05, 0.1) is 18.2 Å². The first-order valence-electron chi connectivity index (χ1n) is 11.1. The molecule has 1 saturated heterocycles. The Hall–Kier alpha value is -2.95. The Morgan fingerprint density at radius 1 is 1.29 bits per heavy atom. The van der Waals surface area contributed by atoms with Crippen molar-refractivity contribution in [2.24, 2.45) is 5.11 Å². The van der Waals surface area contributed by atoms with Gasteiger partial charge in [-0.2, -0.15) is 9.29 Å². The highest BCUT2D eigenvalue weighted by molar-refractivity contribution is 7.66. The molecule has 0 spiro atoms. The van der Waals surface area contributed by atoms with Gasteiger partial charge in [-0.25, -0.2) is 23.0 Å². The van der Waals surface area contributed by atoms with Crippen LogP contribution in [0.4, 0.5) is 5.82 Å². The zero-order chi connectivity index (χ0) is 30.6. The highest BCUT2D eigenvalue weighted by Gasteiger charge is 2.42. The molecule has 0 bridgehead atoms. The van der Waals surface area contributed by atoms with Crippen molar-refractivity contribution in [2.75, 3.05) is 12.3 Å². The molecule has 0 amide bonds. The van der Waals surface area contributed by atoms with E-state index >= 15 is 0 Å². The molecule has 0 radical (unpaired) electrons. The molecule has 2 heterocycles. The highest BCUT2D eigenvalue weighted by Crippen LogP contribution is 2.65. The first kappa shape index (κ1) is 32.6. The minimum Gasteiger partial charge on any atom is -0.756 e. The van der Waals surface area contributed by atoms with Gasteiger partial charge in [0.25, 0.3) is 7.82 Å². The third kappa shape index (κ3) is 9.28. The van der Waals surface area contributed by atoms with Gasteiger partial charge in [0.15, 0.2) is 0 Å². The largest absolute Gasteiger partial charge is 0.756 e. The number of phosphoric ester groups is 1. The average Bonchev–Trinajstić information content (AvgIpc) is 3.22. The summed E-state index contributed by atoms with van der Waals surface area (Å²) in [6, 6.07) is 6.49. The summed E-state index contributed by atoms with van der Waals surface area (Å²) in [6.45, 7) is 0.499. The Labute approximate surface area is 229 Å². The van der Waals surface area contributed by atoms with Gasteiger partial charge >= 0.3 is 27.3 Å². The minimum absolute atomic E-state index is 0.00419. The molecule has 3 rings (SSSR count). The number of benzene rings is 1. The number of esters is 1. The SMILES string of the molecule is CC(N=[N+]=[N-])c1ccccc1C(=O)O[C@@H]1C[C@H](n2ccc(N)nc2=O)O[C@@H]1COP(=O)([O-])OP(=O)(O)OP(=O)(O)O. The highest BCUT2D eigenvalue weighted by atomic mass is 31.3. The van der Waals surface area contributed by atoms with Crippen molar-refractivity contribution in [3.8, 4) is 0 Å². The van der Waals surface area contributed by atoms with E-state index in [4.69, 9.17) is 30.5 Å². The molecule has 41 heavy (non-hydrogen) atoms. The van der Waals surface area contributed by atoms with E-state index in [1.807, 2.05) is 0 Å². The molecule has 23 heteroatoms. The number of anilines is 1. The lowest BCUT2D eigenvalue weighted by Crippen LogP contribution is -2.32. The predicted molar refractivity (Wildman–Crippen MR) is 132 cm³/mol. The van der Waals surface area contributed by atoms with Crippen LogP contribution in [0, 0.1) is 0 Å². The van der Waals surface area contributed by atoms with Crippen LogP contribution < -0.4 is 16.3 Å². The fourth-order valence-corrected chi connectivity index (χ4v) is 6.63. The average molecular weight is 639 g/mol. The zero-order valence-corrected chi connectivity index (χ0v) is 23.4. The number of nitrogens with two attached hydrogens (primary N) is 1. The number of carbonyl (C=O) groups is 1. The molecule has 224 valence electrons. The Bertz CT molecular complexity index is 1540. The number of nitrogen functional groups attached to an aromatic ring is 1. The molecule has 20 nitrogen and oxygen atoms in total. The maximum Gasteiger partial charge on any atom is 0.487 e. The van der Waals surface area contributed by atoms with Gasteiger partial charge in [-0.05, 0) is 23.2 Å². The number of azide groups is 1. The third-order valence-corrected chi connectivity index (χ3v) is 9.03. The van der Waals surface area contributed by atoms with E-state index in [9.17, 15) is 33.1 Å². The first-order valence-corrected chi connectivity index (χ1v) is 15.6. The van der Waals surface area contributed by atoms with E-state index in [2.05, 4.69) is 28.2 Å². The number of hydrogen-bond donors (Lipinski definition) is 4. The lowest BCUT2D eigenvalue weighted by atomic mass is 10.0. The molecule has 1 aromatic heterocycles. The Balaban J connectivity index is 1.84. The van der Waals surface area contributed by atoms with E-state index in [0.717, 1.165) is 4.57 Å². The number of phosphoric acid groups is 3. The second-order valence-electron chi connectivity index (χ2n) is 8.18. The smallest absolute Gasteiger partial charge is 0.487 e. The summed E-state index contributed by atoms with van der Waals surface area (Å²) in [6.07, 6.45) is -2.98. The number of carbonyl (C=O) groups excluding carboxylic acids is 1. The normalized spacial score (nSPS) is 22.6. The van der Waals surface area contributed by atoms with Crippen LogP contribution in [0.1, 0.15) is 41.5 Å². The van der Waals surface area contributed by atoms with Crippen molar-refractivity contribution in [1.29, 1.82) is 0 Å². The number of ether oxygens (including phenoxy) is 2. The molecule has 1 aliphatic heterocycles. The second-order valence-corrected chi connectivity index (χ2v) is 12.6. The fraction of sp³-hybridized carbons (Fsp3) is 0.389. The van der Waals surface area contributed by atoms with E-state index in [1.165, 1.54) is 37.4 Å². The topological polar surface area (TPSA) is 308 Å². The second kappa shape index (κ2) is 12.9. The zero-order valence-electron chi connectivity index (χ0n) is 20.7. The van der Waals surface area contributed by atoms with Crippen LogP contribution in [0.15, 0.2) is 46.4 Å². The molecule has 1 aliphatic rings. The van der Waals surface area contributed by atoms with Crippen molar-refractivity contribution in [1.82, 2.24) is 9.55 Å². The van der Waals surface area contributed by atoms with Crippen molar-refractivity contribution >= 4 is 35.3 Å². The van der Waals surface area contributed by atoms with Crippen LogP contribution >= 0.6 is 23.5 Å². The lowest BCUT2D eigenvalue weighted by molar-refractivity contribution is -0.221. The Morgan fingerprint density at radius 3 is 2.61 bits per heavy atom. The van der Waals surface area contributed by atoms with Gasteiger partial charge < -0.3 is 39.3 Å². The molecule has 1 fully saturated rings. The van der Waals surface area contributed by atoms with Crippen molar-refractivity contribution in [3.05, 3.63) is 68.6 Å². The van der Waals surface area contributed by atoms with Gasteiger partial charge in [0.1, 0.15) is 24.3 Å². The van der Waals surface area contributed by atoms with Crippen LogP contribution in [0.25, 0.3) is 10.4 Å². The van der Waals surface area contributed by atoms with E-state index in [1.54, 1.807) is 6.07 Å². The fourth-order valence-electron chi connectivity index (χ4n) is 3.64. The summed E-state index contributed by atoms with van der Waals surface area (Å²) >= 11 is 0. The van der Waals surface area contributed by atoms with Gasteiger partial charge in [0, 0.05) is 17.5 Å². The maximum atomic E-state index is 13.1. The monoisotopic (exact) mass is 639 g/mol. The summed E-state index contributed by atoms with van der Waals surface area (Å²) in [5, 5.41) is 3.55. The van der Waals surface area contributed by atoms with Gasteiger partial charge in [-0.1, -0.05) is 30.2 Å². The van der Waals surface area contributed by atoms with Gasteiger partial charge in [-0.3, -0.25) is 9.13 Å². The Kier molecular flexibility index (Phi) is 10.3. The molecule has 0 aliphatic carbocycles. The van der Waals surface area contributed by atoms with E-state index in [0.29, 0.717) is 5.56 Å². The quantitative estimate of drug-likeness (QED) is 0.0838. The molecule has 6 atom stereocenters. The van der Waals surface area contributed by atoms with E-state index in [-0.39, 0.29) is 17.8 Å². The summed E-state index contributed by atoms with van der Waals surface area (Å²) in [5.74, 6) is -1.05. The number of nitrogens with zero attached hydrogens (tertiary/aromatic N) is 5. The molecule has 3 unspecified atom stereocenters. The maximum absolute atomic E-state index is 13.1. The molecule has 1 aromatic carbocycles. The van der Waals surface area contributed by atoms with Crippen molar-refractivity contribution < 1.29 is 60.7 Å². The van der Waals surface area contributed by atoms with Gasteiger partial charge in [-0.15, -0.1) is 0 Å². The molecule has 5 N–H and O–H groups in total. The van der Waals surface area contributed by atoms with E-state index < -0.39 is 66.2 Å². The van der Waals surface area contributed by atoms with Crippen molar-refractivity contribution in [2.45, 2.75) is 37.8 Å². The number of hydrogen-bond acceptors (Lipinski definition) is 14. The summed E-state index contributed by atoms with van der Waals surface area (Å²) in [5.41, 5.74) is 13.7.